The van der Waals surface area contributed by atoms with E-state index in [1.54, 1.807) is 11.0 Å². The lowest BCUT2D eigenvalue weighted by Crippen LogP contribution is -2.23. The molecular formula is C12H18N4O3. The SMILES string of the molecule is CCCNc1ccc([N+](=O)[O-])c(N2CCC(O)C2)n1. The van der Waals surface area contributed by atoms with Gasteiger partial charge >= 0.3 is 5.69 Å². The van der Waals surface area contributed by atoms with Crippen LogP contribution in [0.15, 0.2) is 12.1 Å². The predicted molar refractivity (Wildman–Crippen MR) is 72.5 cm³/mol. The van der Waals surface area contributed by atoms with Crippen LogP contribution in [0.1, 0.15) is 19.8 Å². The Morgan fingerprint density at radius 2 is 2.42 bits per heavy atom. The fourth-order valence-corrected chi connectivity index (χ4v) is 2.10. The molecule has 2 rings (SSSR count). The number of aromatic nitrogens is 1. The minimum Gasteiger partial charge on any atom is -0.391 e. The topological polar surface area (TPSA) is 91.5 Å². The molecule has 0 spiro atoms. The first-order valence-electron chi connectivity index (χ1n) is 6.44. The van der Waals surface area contributed by atoms with E-state index in [1.165, 1.54) is 6.07 Å². The minimum atomic E-state index is -0.436. The number of anilines is 2. The van der Waals surface area contributed by atoms with Crippen LogP contribution in [0.4, 0.5) is 17.3 Å². The predicted octanol–water partition coefficient (Wildman–Crippen LogP) is 1.38. The van der Waals surface area contributed by atoms with E-state index in [2.05, 4.69) is 10.3 Å². The van der Waals surface area contributed by atoms with Gasteiger partial charge in [-0.1, -0.05) is 6.92 Å². The average molecular weight is 266 g/mol. The summed E-state index contributed by atoms with van der Waals surface area (Å²) >= 11 is 0. The van der Waals surface area contributed by atoms with Gasteiger partial charge in [-0.2, -0.15) is 0 Å². The molecular weight excluding hydrogens is 248 g/mol. The van der Waals surface area contributed by atoms with Gasteiger partial charge in [0, 0.05) is 25.7 Å². The van der Waals surface area contributed by atoms with Gasteiger partial charge in [-0.05, 0) is 18.9 Å². The Morgan fingerprint density at radius 3 is 3.00 bits per heavy atom. The smallest absolute Gasteiger partial charge is 0.311 e. The second-order valence-electron chi connectivity index (χ2n) is 4.61. The minimum absolute atomic E-state index is 0.0175. The third-order valence-corrected chi connectivity index (χ3v) is 3.07. The Labute approximate surface area is 111 Å². The van der Waals surface area contributed by atoms with Crippen molar-refractivity contribution in [1.82, 2.24) is 4.98 Å². The summed E-state index contributed by atoms with van der Waals surface area (Å²) in [7, 11) is 0. The summed E-state index contributed by atoms with van der Waals surface area (Å²) in [5.41, 5.74) is -0.0175. The second kappa shape index (κ2) is 5.83. The molecule has 0 amide bonds. The first-order chi connectivity index (χ1) is 9.11. The molecule has 19 heavy (non-hydrogen) atoms. The summed E-state index contributed by atoms with van der Waals surface area (Å²) < 4.78 is 0. The molecule has 1 aromatic rings. The normalized spacial score (nSPS) is 18.6. The second-order valence-corrected chi connectivity index (χ2v) is 4.61. The largest absolute Gasteiger partial charge is 0.391 e. The van der Waals surface area contributed by atoms with E-state index in [0.29, 0.717) is 31.1 Å². The first kappa shape index (κ1) is 13.5. The summed E-state index contributed by atoms with van der Waals surface area (Å²) in [5.74, 6) is 0.964. The highest BCUT2D eigenvalue weighted by Crippen LogP contribution is 2.30. The van der Waals surface area contributed by atoms with Crippen LogP contribution in [0.2, 0.25) is 0 Å². The van der Waals surface area contributed by atoms with E-state index in [0.717, 1.165) is 13.0 Å². The number of aliphatic hydroxyl groups excluding tert-OH is 1. The van der Waals surface area contributed by atoms with Crippen molar-refractivity contribution < 1.29 is 10.0 Å². The zero-order valence-corrected chi connectivity index (χ0v) is 10.9. The van der Waals surface area contributed by atoms with Gasteiger partial charge in [-0.3, -0.25) is 10.1 Å². The van der Waals surface area contributed by atoms with Crippen LogP contribution in [0.5, 0.6) is 0 Å². The highest BCUT2D eigenvalue weighted by molar-refractivity contribution is 5.62. The number of hydrogen-bond donors (Lipinski definition) is 2. The van der Waals surface area contributed by atoms with Crippen LogP contribution in [0, 0.1) is 10.1 Å². The van der Waals surface area contributed by atoms with Gasteiger partial charge in [0.05, 0.1) is 11.0 Å². The molecule has 2 N–H and O–H groups in total. The van der Waals surface area contributed by atoms with Gasteiger partial charge in [-0.25, -0.2) is 4.98 Å². The van der Waals surface area contributed by atoms with Crippen molar-refractivity contribution in [1.29, 1.82) is 0 Å². The molecule has 1 aromatic heterocycles. The van der Waals surface area contributed by atoms with Crippen LogP contribution in [-0.2, 0) is 0 Å². The molecule has 0 radical (unpaired) electrons. The molecule has 1 atom stereocenters. The van der Waals surface area contributed by atoms with Gasteiger partial charge < -0.3 is 15.3 Å². The summed E-state index contributed by atoms with van der Waals surface area (Å²) in [4.78, 5) is 16.7. The Morgan fingerprint density at radius 1 is 1.63 bits per heavy atom. The molecule has 7 nitrogen and oxygen atoms in total. The van der Waals surface area contributed by atoms with Crippen LogP contribution in [-0.4, -0.2) is 40.8 Å². The maximum absolute atomic E-state index is 11.0. The van der Waals surface area contributed by atoms with E-state index in [9.17, 15) is 15.2 Å². The van der Waals surface area contributed by atoms with Crippen molar-refractivity contribution in [3.63, 3.8) is 0 Å². The van der Waals surface area contributed by atoms with Crippen LogP contribution in [0.3, 0.4) is 0 Å². The first-order valence-corrected chi connectivity index (χ1v) is 6.44. The molecule has 1 unspecified atom stereocenters. The third kappa shape index (κ3) is 3.11. The van der Waals surface area contributed by atoms with Gasteiger partial charge in [0.1, 0.15) is 5.82 Å². The standard InChI is InChI=1S/C12H18N4O3/c1-2-6-13-11-4-3-10(16(18)19)12(14-11)15-7-5-9(17)8-15/h3-4,9,17H,2,5-8H2,1H3,(H,13,14). The number of nitrogens with one attached hydrogen (secondary N) is 1. The number of hydrogen-bond acceptors (Lipinski definition) is 6. The highest BCUT2D eigenvalue weighted by atomic mass is 16.6. The average Bonchev–Trinajstić information content (AvgIpc) is 2.82. The van der Waals surface area contributed by atoms with Gasteiger partial charge in [0.15, 0.2) is 0 Å². The number of nitro groups is 1. The Balaban J connectivity index is 2.28. The van der Waals surface area contributed by atoms with Crippen molar-refractivity contribution in [3.05, 3.63) is 22.2 Å². The van der Waals surface area contributed by atoms with E-state index in [4.69, 9.17) is 0 Å². The van der Waals surface area contributed by atoms with Gasteiger partial charge in [0.25, 0.3) is 0 Å². The van der Waals surface area contributed by atoms with Crippen molar-refractivity contribution in [2.45, 2.75) is 25.9 Å². The fraction of sp³-hybridized carbons (Fsp3) is 0.583. The highest BCUT2D eigenvalue weighted by Gasteiger charge is 2.28. The molecule has 0 bridgehead atoms. The van der Waals surface area contributed by atoms with E-state index < -0.39 is 11.0 Å². The lowest BCUT2D eigenvalue weighted by molar-refractivity contribution is -0.384. The monoisotopic (exact) mass is 266 g/mol. The Hall–Kier alpha value is -1.89. The fourth-order valence-electron chi connectivity index (χ4n) is 2.10. The summed E-state index contributed by atoms with van der Waals surface area (Å²) in [6.07, 6.45) is 1.13. The summed E-state index contributed by atoms with van der Waals surface area (Å²) in [5, 5.41) is 23.7. The lowest BCUT2D eigenvalue weighted by Gasteiger charge is -2.17. The number of pyridine rings is 1. The zero-order valence-electron chi connectivity index (χ0n) is 10.9. The lowest BCUT2D eigenvalue weighted by atomic mass is 10.3. The zero-order chi connectivity index (χ0) is 13.8. The Bertz CT molecular complexity index is 466. The van der Waals surface area contributed by atoms with Crippen LogP contribution < -0.4 is 10.2 Å². The number of β-amino-alcohol motifs (C(OH)–C–C–N with tert-alkyl or cyclic N) is 1. The molecule has 2 heterocycles. The van der Waals surface area contributed by atoms with Crippen molar-refractivity contribution in [2.75, 3.05) is 29.9 Å². The summed E-state index contributed by atoms with van der Waals surface area (Å²) in [6.45, 7) is 3.79. The van der Waals surface area contributed by atoms with Gasteiger partial charge in [-0.15, -0.1) is 0 Å². The molecule has 1 aliphatic rings. The number of nitrogens with zero attached hydrogens (tertiary/aromatic N) is 3. The van der Waals surface area contributed by atoms with E-state index in [1.807, 2.05) is 6.92 Å². The molecule has 0 saturated carbocycles. The number of rotatable bonds is 5. The molecule has 0 aliphatic carbocycles. The molecule has 7 heteroatoms. The molecule has 0 aromatic carbocycles. The maximum atomic E-state index is 11.0. The Kier molecular flexibility index (Phi) is 4.16. The number of aliphatic hydroxyl groups is 1. The van der Waals surface area contributed by atoms with Crippen LogP contribution in [0.25, 0.3) is 0 Å². The molecule has 104 valence electrons. The van der Waals surface area contributed by atoms with E-state index in [-0.39, 0.29) is 5.69 Å². The van der Waals surface area contributed by atoms with Gasteiger partial charge in [0.2, 0.25) is 5.82 Å². The molecule has 1 aliphatic heterocycles. The maximum Gasteiger partial charge on any atom is 0.311 e. The molecule has 1 saturated heterocycles. The van der Waals surface area contributed by atoms with Crippen molar-refractivity contribution >= 4 is 17.3 Å². The van der Waals surface area contributed by atoms with Crippen molar-refractivity contribution in [3.8, 4) is 0 Å². The van der Waals surface area contributed by atoms with E-state index >= 15 is 0 Å². The third-order valence-electron chi connectivity index (χ3n) is 3.07. The van der Waals surface area contributed by atoms with Crippen molar-refractivity contribution in [2.24, 2.45) is 0 Å². The molecule has 1 fully saturated rings. The van der Waals surface area contributed by atoms with Crippen LogP contribution >= 0.6 is 0 Å². The quantitative estimate of drug-likeness (QED) is 0.618. The summed E-state index contributed by atoms with van der Waals surface area (Å²) in [6, 6.07) is 3.08.